The van der Waals surface area contributed by atoms with Gasteiger partial charge >= 0.3 is 5.97 Å². The van der Waals surface area contributed by atoms with Gasteiger partial charge < -0.3 is 9.47 Å². The molecule has 1 aliphatic rings. The number of aromatic nitrogens is 1. The highest BCUT2D eigenvalue weighted by molar-refractivity contribution is 6.15. The zero-order chi connectivity index (χ0) is 22.2. The Labute approximate surface area is 181 Å². The van der Waals surface area contributed by atoms with Crippen LogP contribution in [0.1, 0.15) is 58.2 Å². The maximum absolute atomic E-state index is 12.8. The molecule has 0 atom stereocenters. The molecular weight excluding hydrogens is 390 g/mol. The molecule has 0 aliphatic carbocycles. The predicted octanol–water partition coefficient (Wildman–Crippen LogP) is 5.52. The predicted molar refractivity (Wildman–Crippen MR) is 118 cm³/mol. The number of fused-ring (bicyclic) bond motifs is 1. The normalized spacial score (nSPS) is 14.3. The van der Waals surface area contributed by atoms with E-state index < -0.39 is 5.97 Å². The number of pyridine rings is 1. The van der Waals surface area contributed by atoms with Gasteiger partial charge in [-0.25, -0.2) is 4.79 Å². The van der Waals surface area contributed by atoms with Crippen molar-refractivity contribution in [3.63, 3.8) is 0 Å². The zero-order valence-electron chi connectivity index (χ0n) is 17.9. The lowest BCUT2D eigenvalue weighted by molar-refractivity contribution is 0.0734. The van der Waals surface area contributed by atoms with E-state index in [-0.39, 0.29) is 17.0 Å². The van der Waals surface area contributed by atoms with E-state index in [0.29, 0.717) is 28.2 Å². The second-order valence-electron chi connectivity index (χ2n) is 8.56. The molecule has 2 aromatic carbocycles. The molecule has 5 nitrogen and oxygen atoms in total. The maximum atomic E-state index is 12.8. The van der Waals surface area contributed by atoms with Crippen molar-refractivity contribution in [2.45, 2.75) is 33.1 Å². The molecule has 4 rings (SSSR count). The SMILES string of the molecule is Cc1cc(OC(=O)c2ccc(C(C)(C)C)cc2)cc2c1C(=O)/C(=C/c1cccnc1)O2. The van der Waals surface area contributed by atoms with Crippen LogP contribution < -0.4 is 9.47 Å². The van der Waals surface area contributed by atoms with E-state index in [1.165, 1.54) is 0 Å². The molecule has 0 amide bonds. The molecule has 0 spiro atoms. The molecule has 5 heteroatoms. The molecule has 1 aliphatic heterocycles. The lowest BCUT2D eigenvalue weighted by Crippen LogP contribution is -2.13. The highest BCUT2D eigenvalue weighted by Gasteiger charge is 2.30. The van der Waals surface area contributed by atoms with Gasteiger partial charge in [0.1, 0.15) is 11.5 Å². The van der Waals surface area contributed by atoms with Crippen LogP contribution >= 0.6 is 0 Å². The molecule has 0 saturated heterocycles. The number of allylic oxidation sites excluding steroid dienone is 1. The molecule has 0 radical (unpaired) electrons. The van der Waals surface area contributed by atoms with Gasteiger partial charge in [0.05, 0.1) is 11.1 Å². The molecule has 0 bridgehead atoms. The fourth-order valence-electron chi connectivity index (χ4n) is 3.42. The number of carbonyl (C=O) groups is 2. The molecule has 31 heavy (non-hydrogen) atoms. The second-order valence-corrected chi connectivity index (χ2v) is 8.56. The van der Waals surface area contributed by atoms with Crippen LogP contribution in [0.3, 0.4) is 0 Å². The van der Waals surface area contributed by atoms with Crippen molar-refractivity contribution >= 4 is 17.8 Å². The molecule has 1 aromatic heterocycles. The molecule has 3 aromatic rings. The van der Waals surface area contributed by atoms with Crippen molar-refractivity contribution in [3.05, 3.63) is 94.5 Å². The fourth-order valence-corrected chi connectivity index (χ4v) is 3.42. The van der Waals surface area contributed by atoms with Crippen molar-refractivity contribution in [2.75, 3.05) is 0 Å². The molecular formula is C26H23NO4. The van der Waals surface area contributed by atoms with E-state index in [1.54, 1.807) is 55.7 Å². The van der Waals surface area contributed by atoms with E-state index in [9.17, 15) is 9.59 Å². The second kappa shape index (κ2) is 7.84. The van der Waals surface area contributed by atoms with Gasteiger partial charge in [-0.1, -0.05) is 39.0 Å². The number of aryl methyl sites for hydroxylation is 1. The van der Waals surface area contributed by atoms with Crippen LogP contribution in [-0.4, -0.2) is 16.7 Å². The summed E-state index contributed by atoms with van der Waals surface area (Å²) in [7, 11) is 0. The number of benzene rings is 2. The number of hydrogen-bond acceptors (Lipinski definition) is 5. The van der Waals surface area contributed by atoms with Crippen LogP contribution in [0.5, 0.6) is 11.5 Å². The Morgan fingerprint density at radius 1 is 1.10 bits per heavy atom. The molecule has 2 heterocycles. The highest BCUT2D eigenvalue weighted by Crippen LogP contribution is 2.37. The summed E-state index contributed by atoms with van der Waals surface area (Å²) in [4.78, 5) is 29.4. The van der Waals surface area contributed by atoms with E-state index in [0.717, 1.165) is 11.1 Å². The molecule has 0 N–H and O–H groups in total. The summed E-state index contributed by atoms with van der Waals surface area (Å²) in [5, 5.41) is 0. The van der Waals surface area contributed by atoms with Gasteiger partial charge in [0, 0.05) is 18.5 Å². The molecule has 0 unspecified atom stereocenters. The third-order valence-electron chi connectivity index (χ3n) is 5.12. The Morgan fingerprint density at radius 3 is 2.48 bits per heavy atom. The first kappa shape index (κ1) is 20.5. The van der Waals surface area contributed by atoms with Crippen molar-refractivity contribution in [2.24, 2.45) is 0 Å². The zero-order valence-corrected chi connectivity index (χ0v) is 17.9. The lowest BCUT2D eigenvalue weighted by Gasteiger charge is -2.18. The van der Waals surface area contributed by atoms with Crippen LogP contribution in [0.2, 0.25) is 0 Å². The largest absolute Gasteiger partial charge is 0.452 e. The Morgan fingerprint density at radius 2 is 1.84 bits per heavy atom. The Hall–Kier alpha value is -3.73. The van der Waals surface area contributed by atoms with Crippen LogP contribution in [0.25, 0.3) is 6.08 Å². The van der Waals surface area contributed by atoms with E-state index in [4.69, 9.17) is 9.47 Å². The first-order chi connectivity index (χ1) is 14.7. The molecule has 0 saturated carbocycles. The van der Waals surface area contributed by atoms with Gasteiger partial charge in [0.25, 0.3) is 0 Å². The first-order valence-corrected chi connectivity index (χ1v) is 10.0. The van der Waals surface area contributed by atoms with Crippen molar-refractivity contribution < 1.29 is 19.1 Å². The number of esters is 1. The van der Waals surface area contributed by atoms with Crippen LogP contribution in [0, 0.1) is 6.92 Å². The van der Waals surface area contributed by atoms with Gasteiger partial charge in [0.15, 0.2) is 5.76 Å². The summed E-state index contributed by atoms with van der Waals surface area (Å²) in [5.74, 6) is 0.261. The van der Waals surface area contributed by atoms with E-state index in [1.807, 2.05) is 18.2 Å². The minimum atomic E-state index is -0.463. The Bertz CT molecular complexity index is 1190. The van der Waals surface area contributed by atoms with Gasteiger partial charge in [-0.05, 0) is 59.4 Å². The average Bonchev–Trinajstić information content (AvgIpc) is 3.03. The number of Topliss-reactive ketones (excluding diaryl/α,β-unsaturated/α-hetero) is 1. The summed E-state index contributed by atoms with van der Waals surface area (Å²) < 4.78 is 11.3. The van der Waals surface area contributed by atoms with Gasteiger partial charge in [-0.3, -0.25) is 9.78 Å². The first-order valence-electron chi connectivity index (χ1n) is 10.0. The topological polar surface area (TPSA) is 65.5 Å². The monoisotopic (exact) mass is 413 g/mol. The molecule has 0 fully saturated rings. The standard InChI is InChI=1S/C26H23NO4/c1-16-12-20(30-25(29)18-7-9-19(10-8-18)26(2,3)4)14-21-23(16)24(28)22(31-21)13-17-6-5-11-27-15-17/h5-15H,1-4H3/b22-13-. The van der Waals surface area contributed by atoms with Crippen molar-refractivity contribution in [3.8, 4) is 11.5 Å². The van der Waals surface area contributed by atoms with Gasteiger partial charge in [-0.15, -0.1) is 0 Å². The maximum Gasteiger partial charge on any atom is 0.343 e. The number of ketones is 1. The number of ether oxygens (including phenoxy) is 2. The third-order valence-corrected chi connectivity index (χ3v) is 5.12. The van der Waals surface area contributed by atoms with E-state index in [2.05, 4.69) is 25.8 Å². The summed E-state index contributed by atoms with van der Waals surface area (Å²) in [6, 6.07) is 14.3. The smallest absolute Gasteiger partial charge is 0.343 e. The van der Waals surface area contributed by atoms with Gasteiger partial charge in [0.2, 0.25) is 5.78 Å². The summed E-state index contributed by atoms with van der Waals surface area (Å²) in [6.45, 7) is 8.15. The van der Waals surface area contributed by atoms with Gasteiger partial charge in [-0.2, -0.15) is 0 Å². The molecule has 156 valence electrons. The Balaban J connectivity index is 1.56. The van der Waals surface area contributed by atoms with Crippen LogP contribution in [0.15, 0.2) is 66.7 Å². The Kier molecular flexibility index (Phi) is 5.19. The average molecular weight is 413 g/mol. The number of carbonyl (C=O) groups excluding carboxylic acids is 2. The van der Waals surface area contributed by atoms with Crippen molar-refractivity contribution in [1.29, 1.82) is 0 Å². The summed E-state index contributed by atoms with van der Waals surface area (Å²) in [5.41, 5.74) is 3.52. The van der Waals surface area contributed by atoms with Crippen LogP contribution in [-0.2, 0) is 5.41 Å². The summed E-state index contributed by atoms with van der Waals surface area (Å²) >= 11 is 0. The minimum Gasteiger partial charge on any atom is -0.452 e. The third kappa shape index (κ3) is 4.26. The minimum absolute atomic E-state index is 0.00441. The number of hydrogen-bond donors (Lipinski definition) is 0. The lowest BCUT2D eigenvalue weighted by atomic mass is 9.87. The fraction of sp³-hybridized carbons (Fsp3) is 0.192. The highest BCUT2D eigenvalue weighted by atomic mass is 16.5. The summed E-state index contributed by atoms with van der Waals surface area (Å²) in [6.07, 6.45) is 4.96. The van der Waals surface area contributed by atoms with Crippen molar-refractivity contribution in [1.82, 2.24) is 4.98 Å². The van der Waals surface area contributed by atoms with Crippen LogP contribution in [0.4, 0.5) is 0 Å². The van der Waals surface area contributed by atoms with E-state index >= 15 is 0 Å². The number of rotatable bonds is 3. The quantitative estimate of drug-likeness (QED) is 0.321. The number of nitrogens with zero attached hydrogens (tertiary/aromatic N) is 1.